The second-order valence-corrected chi connectivity index (χ2v) is 5.13. The second kappa shape index (κ2) is 5.80. The van der Waals surface area contributed by atoms with Gasteiger partial charge in [-0.1, -0.05) is 13.8 Å². The van der Waals surface area contributed by atoms with Gasteiger partial charge in [0.2, 0.25) is 0 Å². The van der Waals surface area contributed by atoms with Crippen LogP contribution >= 0.6 is 0 Å². The third-order valence-corrected chi connectivity index (χ3v) is 3.82. The van der Waals surface area contributed by atoms with Gasteiger partial charge in [-0.25, -0.2) is 9.67 Å². The maximum absolute atomic E-state index is 10.9. The van der Waals surface area contributed by atoms with Crippen molar-refractivity contribution < 1.29 is 5.11 Å². The van der Waals surface area contributed by atoms with E-state index < -0.39 is 5.60 Å². The Hall–Kier alpha value is -0.940. The molecule has 2 heterocycles. The van der Waals surface area contributed by atoms with Crippen molar-refractivity contribution in [1.29, 1.82) is 0 Å². The van der Waals surface area contributed by atoms with Crippen molar-refractivity contribution in [3.63, 3.8) is 0 Å². The molecule has 0 radical (unpaired) electrons. The van der Waals surface area contributed by atoms with Crippen LogP contribution in [0.25, 0.3) is 0 Å². The molecule has 1 saturated heterocycles. The molecule has 0 amide bonds. The second-order valence-electron chi connectivity index (χ2n) is 5.13. The zero-order valence-electron chi connectivity index (χ0n) is 11.5. The third-order valence-electron chi connectivity index (χ3n) is 3.82. The van der Waals surface area contributed by atoms with Gasteiger partial charge in [-0.2, -0.15) is 5.10 Å². The van der Waals surface area contributed by atoms with Crippen molar-refractivity contribution in [1.82, 2.24) is 19.7 Å². The molecule has 18 heavy (non-hydrogen) atoms. The van der Waals surface area contributed by atoms with E-state index in [1.54, 1.807) is 6.33 Å². The summed E-state index contributed by atoms with van der Waals surface area (Å²) in [5.74, 6) is 0.752. The fourth-order valence-corrected chi connectivity index (χ4v) is 2.71. The number of rotatable bonds is 4. The van der Waals surface area contributed by atoms with Gasteiger partial charge in [0.25, 0.3) is 0 Å². The van der Waals surface area contributed by atoms with Crippen molar-refractivity contribution in [2.75, 3.05) is 19.6 Å². The smallest absolute Gasteiger partial charge is 0.158 e. The predicted molar refractivity (Wildman–Crippen MR) is 70.2 cm³/mol. The summed E-state index contributed by atoms with van der Waals surface area (Å²) in [6.45, 7) is 8.17. The van der Waals surface area contributed by atoms with Gasteiger partial charge in [0.05, 0.1) is 0 Å². The highest BCUT2D eigenvalue weighted by Gasteiger charge is 2.35. The van der Waals surface area contributed by atoms with E-state index in [4.69, 9.17) is 0 Å². The highest BCUT2D eigenvalue weighted by Crippen LogP contribution is 2.31. The Bertz CT molecular complexity index is 379. The van der Waals surface area contributed by atoms with E-state index in [-0.39, 0.29) is 0 Å². The third kappa shape index (κ3) is 2.72. The summed E-state index contributed by atoms with van der Waals surface area (Å²) in [5.41, 5.74) is -0.796. The first-order valence-electron chi connectivity index (χ1n) is 7.02. The summed E-state index contributed by atoms with van der Waals surface area (Å²) in [6, 6.07) is 0. The minimum Gasteiger partial charge on any atom is -0.382 e. The number of aromatic nitrogens is 3. The Morgan fingerprint density at radius 3 is 2.89 bits per heavy atom. The SMILES string of the molecule is CCCn1ncnc1C1(O)CCCN(CC)CC1. The molecule has 5 nitrogen and oxygen atoms in total. The van der Waals surface area contributed by atoms with Gasteiger partial charge < -0.3 is 10.0 Å². The van der Waals surface area contributed by atoms with Crippen LogP contribution in [0.3, 0.4) is 0 Å². The average Bonchev–Trinajstić information content (AvgIpc) is 2.74. The summed E-state index contributed by atoms with van der Waals surface area (Å²) in [7, 11) is 0. The standard InChI is InChI=1S/C13H24N4O/c1-3-8-17-12(14-11-15-17)13(18)6-5-9-16(4-2)10-7-13/h11,18H,3-10H2,1-2H3. The normalized spacial score (nSPS) is 26.2. The van der Waals surface area contributed by atoms with E-state index >= 15 is 0 Å². The maximum Gasteiger partial charge on any atom is 0.158 e. The van der Waals surface area contributed by atoms with Crippen LogP contribution in [0.1, 0.15) is 45.4 Å². The highest BCUT2D eigenvalue weighted by molar-refractivity contribution is 5.02. The highest BCUT2D eigenvalue weighted by atomic mass is 16.3. The summed E-state index contributed by atoms with van der Waals surface area (Å²) >= 11 is 0. The molecule has 1 aliphatic rings. The van der Waals surface area contributed by atoms with Crippen LogP contribution < -0.4 is 0 Å². The van der Waals surface area contributed by atoms with E-state index in [1.165, 1.54) is 0 Å². The van der Waals surface area contributed by atoms with E-state index in [2.05, 4.69) is 28.8 Å². The number of hydrogen-bond acceptors (Lipinski definition) is 4. The van der Waals surface area contributed by atoms with Gasteiger partial charge in [0, 0.05) is 13.1 Å². The molecule has 0 aromatic carbocycles. The van der Waals surface area contributed by atoms with Crippen LogP contribution in [0.2, 0.25) is 0 Å². The van der Waals surface area contributed by atoms with Crippen LogP contribution in [0.5, 0.6) is 0 Å². The largest absolute Gasteiger partial charge is 0.382 e. The fraction of sp³-hybridized carbons (Fsp3) is 0.846. The molecule has 1 aliphatic heterocycles. The topological polar surface area (TPSA) is 54.2 Å². The van der Waals surface area contributed by atoms with Crippen LogP contribution in [-0.2, 0) is 12.1 Å². The lowest BCUT2D eigenvalue weighted by molar-refractivity contribution is 0.00811. The molecule has 102 valence electrons. The van der Waals surface area contributed by atoms with Crippen molar-refractivity contribution in [2.45, 2.75) is 51.7 Å². The van der Waals surface area contributed by atoms with Gasteiger partial charge in [0.1, 0.15) is 11.9 Å². The summed E-state index contributed by atoms with van der Waals surface area (Å²) in [4.78, 5) is 6.69. The quantitative estimate of drug-likeness (QED) is 0.879. The molecule has 1 unspecified atom stereocenters. The Labute approximate surface area is 109 Å². The van der Waals surface area contributed by atoms with Crippen LogP contribution in [0.4, 0.5) is 0 Å². The van der Waals surface area contributed by atoms with Crippen molar-refractivity contribution >= 4 is 0 Å². The van der Waals surface area contributed by atoms with Crippen molar-refractivity contribution in [3.05, 3.63) is 12.2 Å². The molecule has 1 atom stereocenters. The molecule has 1 fully saturated rings. The molecule has 0 spiro atoms. The lowest BCUT2D eigenvalue weighted by atomic mass is 9.94. The Kier molecular flexibility index (Phi) is 4.35. The molecule has 1 aromatic rings. The van der Waals surface area contributed by atoms with Gasteiger partial charge in [-0.05, 0) is 38.8 Å². The molecular formula is C13H24N4O. The minimum atomic E-state index is -0.796. The first-order valence-corrected chi connectivity index (χ1v) is 7.02. The number of likely N-dealkylation sites (tertiary alicyclic amines) is 1. The zero-order chi connectivity index (χ0) is 13.0. The van der Waals surface area contributed by atoms with Crippen LogP contribution in [0, 0.1) is 0 Å². The molecular weight excluding hydrogens is 228 g/mol. The molecule has 0 saturated carbocycles. The van der Waals surface area contributed by atoms with Gasteiger partial charge in [-0.15, -0.1) is 0 Å². The molecule has 0 aliphatic carbocycles. The fourth-order valence-electron chi connectivity index (χ4n) is 2.71. The number of aliphatic hydroxyl groups is 1. The molecule has 1 aromatic heterocycles. The zero-order valence-corrected chi connectivity index (χ0v) is 11.5. The Balaban J connectivity index is 2.16. The van der Waals surface area contributed by atoms with E-state index in [9.17, 15) is 5.11 Å². The predicted octanol–water partition coefficient (Wildman–Crippen LogP) is 1.38. The monoisotopic (exact) mass is 252 g/mol. The maximum atomic E-state index is 10.9. The molecule has 0 bridgehead atoms. The van der Waals surface area contributed by atoms with Crippen molar-refractivity contribution in [3.8, 4) is 0 Å². The first kappa shape index (κ1) is 13.5. The van der Waals surface area contributed by atoms with Crippen LogP contribution in [0.15, 0.2) is 6.33 Å². The number of hydrogen-bond donors (Lipinski definition) is 1. The Morgan fingerprint density at radius 2 is 2.17 bits per heavy atom. The summed E-state index contributed by atoms with van der Waals surface area (Å²) in [6.07, 6.45) is 5.12. The lowest BCUT2D eigenvalue weighted by Crippen LogP contribution is -2.32. The Morgan fingerprint density at radius 1 is 1.33 bits per heavy atom. The number of aryl methyl sites for hydroxylation is 1. The van der Waals surface area contributed by atoms with Crippen LogP contribution in [-0.4, -0.2) is 44.4 Å². The molecule has 1 N–H and O–H groups in total. The van der Waals surface area contributed by atoms with E-state index in [1.807, 2.05) is 4.68 Å². The van der Waals surface area contributed by atoms with Gasteiger partial charge >= 0.3 is 0 Å². The first-order chi connectivity index (χ1) is 8.69. The lowest BCUT2D eigenvalue weighted by Gasteiger charge is -2.26. The van der Waals surface area contributed by atoms with Gasteiger partial charge in [0.15, 0.2) is 5.82 Å². The van der Waals surface area contributed by atoms with Gasteiger partial charge in [-0.3, -0.25) is 0 Å². The summed E-state index contributed by atoms with van der Waals surface area (Å²) < 4.78 is 1.86. The van der Waals surface area contributed by atoms with E-state index in [0.717, 1.165) is 57.7 Å². The molecule has 2 rings (SSSR count). The molecule has 5 heteroatoms. The van der Waals surface area contributed by atoms with E-state index in [0.29, 0.717) is 0 Å². The summed E-state index contributed by atoms with van der Waals surface area (Å²) in [5, 5.41) is 15.1. The minimum absolute atomic E-state index is 0.752. The van der Waals surface area contributed by atoms with Crippen molar-refractivity contribution in [2.24, 2.45) is 0 Å². The average molecular weight is 252 g/mol. The number of nitrogens with zero attached hydrogens (tertiary/aromatic N) is 4.